The first-order valence-corrected chi connectivity index (χ1v) is 11.0. The average Bonchev–Trinajstić information content (AvgIpc) is 2.84. The van der Waals surface area contributed by atoms with Crippen molar-refractivity contribution >= 4 is 11.7 Å². The van der Waals surface area contributed by atoms with E-state index in [9.17, 15) is 22.4 Å². The highest BCUT2D eigenvalue weighted by Gasteiger charge is 2.44. The number of rotatable bonds is 4. The van der Waals surface area contributed by atoms with E-state index in [0.717, 1.165) is 25.1 Å². The Hall–Kier alpha value is -3.56. The number of aromatic nitrogens is 3. The molecule has 176 valence electrons. The highest BCUT2D eigenvalue weighted by atomic mass is 19.4. The Morgan fingerprint density at radius 3 is 2.50 bits per heavy atom. The van der Waals surface area contributed by atoms with Crippen molar-refractivity contribution in [2.75, 3.05) is 11.9 Å². The van der Waals surface area contributed by atoms with Gasteiger partial charge in [-0.25, -0.2) is 19.3 Å². The molecule has 0 unspecified atom stereocenters. The quantitative estimate of drug-likeness (QED) is 0.554. The predicted octanol–water partition coefficient (Wildman–Crippen LogP) is 4.80. The lowest BCUT2D eigenvalue weighted by atomic mass is 9.76. The normalized spacial score (nSPS) is 22.0. The molecule has 1 N–H and O–H groups in total. The molecule has 2 saturated heterocycles. The largest absolute Gasteiger partial charge is 0.417 e. The molecule has 2 aromatic heterocycles. The molecule has 3 atom stereocenters. The maximum Gasteiger partial charge on any atom is 0.417 e. The number of anilines is 1. The maximum absolute atomic E-state index is 14.9. The predicted molar refractivity (Wildman–Crippen MR) is 116 cm³/mol. The molecule has 10 heteroatoms. The minimum Gasteiger partial charge on any atom is -0.365 e. The molecular weight excluding hydrogens is 450 g/mol. The first-order chi connectivity index (χ1) is 16.3. The number of hydrogen-bond acceptors (Lipinski definition) is 5. The first-order valence-electron chi connectivity index (χ1n) is 11.0. The highest BCUT2D eigenvalue weighted by Crippen LogP contribution is 2.38. The van der Waals surface area contributed by atoms with Crippen molar-refractivity contribution in [3.05, 3.63) is 71.9 Å². The van der Waals surface area contributed by atoms with Crippen LogP contribution in [0.15, 0.2) is 55.0 Å². The number of carbonyl (C=O) groups is 1. The number of pyridine rings is 1. The number of carbonyl (C=O) groups excluding carboxylic acids is 1. The summed E-state index contributed by atoms with van der Waals surface area (Å²) in [7, 11) is 0. The van der Waals surface area contributed by atoms with Crippen LogP contribution in [0.2, 0.25) is 0 Å². The molecule has 1 saturated carbocycles. The Bertz CT molecular complexity index is 1190. The molecule has 6 nitrogen and oxygen atoms in total. The van der Waals surface area contributed by atoms with Crippen LogP contribution in [-0.2, 0) is 6.18 Å². The number of halogens is 4. The molecule has 0 spiro atoms. The fourth-order valence-corrected chi connectivity index (χ4v) is 4.93. The second-order valence-electron chi connectivity index (χ2n) is 8.62. The number of fused-ring (bicyclic) bond motifs is 3. The Balaban J connectivity index is 1.41. The molecule has 6 rings (SSSR count). The van der Waals surface area contributed by atoms with E-state index in [2.05, 4.69) is 20.3 Å². The fraction of sp³-hybridized carbons (Fsp3) is 0.333. The van der Waals surface area contributed by atoms with Gasteiger partial charge in [0, 0.05) is 36.7 Å². The molecule has 3 aliphatic rings. The lowest BCUT2D eigenvalue weighted by Crippen LogP contribution is -2.60. The minimum absolute atomic E-state index is 0.0762. The van der Waals surface area contributed by atoms with Crippen LogP contribution in [0.4, 0.5) is 23.4 Å². The average molecular weight is 471 g/mol. The Kier molecular flexibility index (Phi) is 5.66. The van der Waals surface area contributed by atoms with Gasteiger partial charge in [0.25, 0.3) is 5.91 Å². The minimum atomic E-state index is -4.46. The number of piperidine rings is 2. The summed E-state index contributed by atoms with van der Waals surface area (Å²) in [5.74, 6) is -0.324. The van der Waals surface area contributed by atoms with Crippen LogP contribution >= 0.6 is 0 Å². The molecule has 34 heavy (non-hydrogen) atoms. The monoisotopic (exact) mass is 471 g/mol. The third-order valence-electron chi connectivity index (χ3n) is 6.50. The zero-order chi connectivity index (χ0) is 23.9. The summed E-state index contributed by atoms with van der Waals surface area (Å²) in [6, 6.07) is 7.83. The van der Waals surface area contributed by atoms with Gasteiger partial charge in [0.2, 0.25) is 0 Å². The van der Waals surface area contributed by atoms with E-state index in [-0.39, 0.29) is 29.4 Å². The van der Waals surface area contributed by atoms with Gasteiger partial charge >= 0.3 is 6.18 Å². The molecular formula is C24H21F4N5O. The van der Waals surface area contributed by atoms with Crippen LogP contribution < -0.4 is 5.32 Å². The summed E-state index contributed by atoms with van der Waals surface area (Å²) in [6.07, 6.45) is 1.78. The molecule has 1 amide bonds. The summed E-state index contributed by atoms with van der Waals surface area (Å²) in [5.41, 5.74) is -0.580. The zero-order valence-corrected chi connectivity index (χ0v) is 18.0. The van der Waals surface area contributed by atoms with Crippen molar-refractivity contribution in [3.8, 4) is 11.4 Å². The van der Waals surface area contributed by atoms with Gasteiger partial charge in [0.05, 0.1) is 17.2 Å². The molecule has 4 heterocycles. The van der Waals surface area contributed by atoms with Crippen molar-refractivity contribution < 1.29 is 22.4 Å². The van der Waals surface area contributed by atoms with Crippen molar-refractivity contribution in [1.82, 2.24) is 19.9 Å². The number of nitrogens with zero attached hydrogens (tertiary/aromatic N) is 4. The van der Waals surface area contributed by atoms with Crippen LogP contribution in [0.5, 0.6) is 0 Å². The number of amides is 1. The molecule has 2 bridgehead atoms. The van der Waals surface area contributed by atoms with Gasteiger partial charge in [-0.3, -0.25) is 4.79 Å². The van der Waals surface area contributed by atoms with Gasteiger partial charge < -0.3 is 10.2 Å². The van der Waals surface area contributed by atoms with Gasteiger partial charge in [0.1, 0.15) is 11.6 Å². The van der Waals surface area contributed by atoms with Crippen LogP contribution in [0, 0.1) is 11.7 Å². The highest BCUT2D eigenvalue weighted by molar-refractivity contribution is 6.00. The van der Waals surface area contributed by atoms with Crippen LogP contribution in [0.25, 0.3) is 11.4 Å². The SMILES string of the molecule is O=C(c1c(F)cccc1-c1ncccn1)N1C[C@@H]2CC[C@H]1[C@H](Nc1ccc(C(F)(F)F)cn1)C2. The van der Waals surface area contributed by atoms with Gasteiger partial charge in [0.15, 0.2) is 5.82 Å². The van der Waals surface area contributed by atoms with Crippen molar-refractivity contribution in [3.63, 3.8) is 0 Å². The molecule has 1 aromatic carbocycles. The summed E-state index contributed by atoms with van der Waals surface area (Å²) >= 11 is 0. The second kappa shape index (κ2) is 8.66. The lowest BCUT2D eigenvalue weighted by Gasteiger charge is -2.50. The standard InChI is InChI=1S/C24H21F4N5O/c25-17-4-1-3-16(22-29-9-2-10-30-22)21(17)23(34)33-13-14-5-7-19(33)18(11-14)32-20-8-6-15(12-31-20)24(26,27)28/h1-4,6,8-10,12,14,18-19H,5,7,11,13H2,(H,31,32)/t14-,18-,19+/m1/s1. The van der Waals surface area contributed by atoms with Gasteiger partial charge in [-0.05, 0) is 49.4 Å². The van der Waals surface area contributed by atoms with E-state index >= 15 is 0 Å². The van der Waals surface area contributed by atoms with Crippen LogP contribution in [0.1, 0.15) is 35.2 Å². The molecule has 2 aliphatic heterocycles. The summed E-state index contributed by atoms with van der Waals surface area (Å²) in [6.45, 7) is 0.492. The fourth-order valence-electron chi connectivity index (χ4n) is 4.93. The molecule has 3 fully saturated rings. The summed E-state index contributed by atoms with van der Waals surface area (Å²) in [4.78, 5) is 27.5. The summed E-state index contributed by atoms with van der Waals surface area (Å²) in [5, 5.41) is 3.20. The third kappa shape index (κ3) is 4.20. The maximum atomic E-state index is 14.9. The van der Waals surface area contributed by atoms with Gasteiger partial charge in [-0.15, -0.1) is 0 Å². The van der Waals surface area contributed by atoms with E-state index in [4.69, 9.17) is 0 Å². The van der Waals surface area contributed by atoms with Gasteiger partial charge in [-0.2, -0.15) is 13.2 Å². The van der Waals surface area contributed by atoms with Crippen molar-refractivity contribution in [2.24, 2.45) is 5.92 Å². The van der Waals surface area contributed by atoms with Crippen LogP contribution in [-0.4, -0.2) is 44.4 Å². The zero-order valence-electron chi connectivity index (χ0n) is 18.0. The third-order valence-corrected chi connectivity index (χ3v) is 6.50. The number of benzene rings is 1. The summed E-state index contributed by atoms with van der Waals surface area (Å²) < 4.78 is 53.5. The molecule has 3 aromatic rings. The van der Waals surface area contributed by atoms with E-state index in [1.807, 2.05) is 0 Å². The number of nitrogens with one attached hydrogen (secondary N) is 1. The van der Waals surface area contributed by atoms with E-state index in [1.54, 1.807) is 17.0 Å². The topological polar surface area (TPSA) is 71.0 Å². The Morgan fingerprint density at radius 2 is 1.82 bits per heavy atom. The van der Waals surface area contributed by atoms with Gasteiger partial charge in [-0.1, -0.05) is 12.1 Å². The Morgan fingerprint density at radius 1 is 1.03 bits per heavy atom. The number of hydrogen-bond donors (Lipinski definition) is 1. The lowest BCUT2D eigenvalue weighted by molar-refractivity contribution is -0.137. The van der Waals surface area contributed by atoms with E-state index in [0.29, 0.717) is 24.3 Å². The first kappa shape index (κ1) is 22.2. The molecule has 1 aliphatic carbocycles. The Labute approximate surface area is 193 Å². The number of alkyl halides is 3. The second-order valence-corrected chi connectivity index (χ2v) is 8.62. The van der Waals surface area contributed by atoms with E-state index < -0.39 is 23.5 Å². The smallest absolute Gasteiger partial charge is 0.365 e. The van der Waals surface area contributed by atoms with Crippen LogP contribution in [0.3, 0.4) is 0 Å². The molecule has 0 radical (unpaired) electrons. The van der Waals surface area contributed by atoms with E-state index in [1.165, 1.54) is 30.6 Å². The van der Waals surface area contributed by atoms with Crippen molar-refractivity contribution in [2.45, 2.75) is 37.5 Å². The van der Waals surface area contributed by atoms with Crippen molar-refractivity contribution in [1.29, 1.82) is 0 Å².